The zero-order valence-corrected chi connectivity index (χ0v) is 19.5. The van der Waals surface area contributed by atoms with E-state index in [1.165, 1.54) is 48.5 Å². The molecule has 1 aromatic heterocycles. The maximum atomic E-state index is 6.10. The predicted molar refractivity (Wildman–Crippen MR) is 115 cm³/mol. The van der Waals surface area contributed by atoms with Crippen molar-refractivity contribution in [3.05, 3.63) is 21.9 Å². The molecule has 7 heteroatoms. The van der Waals surface area contributed by atoms with Gasteiger partial charge in [0, 0.05) is 21.7 Å². The number of hydrogen-bond acceptors (Lipinski definition) is 6. The molecule has 1 fully saturated rings. The molecular weight excluding hydrogens is 374 g/mol. The van der Waals surface area contributed by atoms with Crippen LogP contribution in [0.25, 0.3) is 0 Å². The van der Waals surface area contributed by atoms with Crippen LogP contribution in [-0.4, -0.2) is 44.7 Å². The summed E-state index contributed by atoms with van der Waals surface area (Å²) in [4.78, 5) is 16.3. The molecule has 0 aliphatic carbocycles. The van der Waals surface area contributed by atoms with E-state index < -0.39 is 9.04 Å². The summed E-state index contributed by atoms with van der Waals surface area (Å²) >= 11 is 1.87. The lowest BCUT2D eigenvalue weighted by atomic mass is 9.97. The summed E-state index contributed by atoms with van der Waals surface area (Å²) in [6.45, 7) is 14.8. The number of thiophene rings is 1. The molecule has 1 unspecified atom stereocenters. The topological polar surface area (TPSA) is 37.3 Å². The Bertz CT molecular complexity index is 633. The minimum atomic E-state index is -1.11. The Morgan fingerprint density at radius 2 is 1.89 bits per heavy atom. The summed E-state index contributed by atoms with van der Waals surface area (Å²) in [6.07, 6.45) is 5.33. The summed E-state index contributed by atoms with van der Waals surface area (Å²) in [7, 11) is -1.11. The molecule has 3 heterocycles. The largest absolute Gasteiger partial charge is 0.405 e. The van der Waals surface area contributed by atoms with Gasteiger partial charge in [0.05, 0.1) is 0 Å². The van der Waals surface area contributed by atoms with Crippen molar-refractivity contribution >= 4 is 26.3 Å². The number of hydroxylamine groups is 2. The van der Waals surface area contributed by atoms with E-state index in [1.807, 2.05) is 16.4 Å². The van der Waals surface area contributed by atoms with Gasteiger partial charge >= 0.3 is 0 Å². The van der Waals surface area contributed by atoms with Crippen molar-refractivity contribution in [3.63, 3.8) is 0 Å². The minimum Gasteiger partial charge on any atom is -0.405 e. The highest BCUT2D eigenvalue weighted by atomic mass is 32.1. The van der Waals surface area contributed by atoms with E-state index in [2.05, 4.69) is 50.9 Å². The second kappa shape index (κ2) is 9.18. The van der Waals surface area contributed by atoms with Crippen LogP contribution in [0.5, 0.6) is 0 Å². The van der Waals surface area contributed by atoms with Gasteiger partial charge in [-0.05, 0) is 51.2 Å². The summed E-state index contributed by atoms with van der Waals surface area (Å²) in [6, 6.07) is 4.49. The molecule has 0 saturated carbocycles. The standard InChI is InChI=1S/C20H35N3O2SSi/c1-20(2,3)19-21-18(23(25-19)15-24-27(4)5)17-11-10-16(26-17)14-22-12-8-6-7-9-13-22/h10-11,18,27H,6-9,12-15H2,1-5H3. The lowest BCUT2D eigenvalue weighted by Crippen LogP contribution is -2.31. The Hall–Kier alpha value is -0.733. The molecule has 1 atom stereocenters. The van der Waals surface area contributed by atoms with Crippen LogP contribution in [0, 0.1) is 5.41 Å². The summed E-state index contributed by atoms with van der Waals surface area (Å²) in [5, 5.41) is 1.91. The average molecular weight is 410 g/mol. The Labute approximate surface area is 170 Å². The fourth-order valence-electron chi connectivity index (χ4n) is 3.35. The Morgan fingerprint density at radius 3 is 2.52 bits per heavy atom. The first kappa shape index (κ1) is 21.0. The average Bonchev–Trinajstić information content (AvgIpc) is 3.14. The molecule has 0 aromatic carbocycles. The highest BCUT2D eigenvalue weighted by Crippen LogP contribution is 2.37. The Kier molecular flexibility index (Phi) is 7.13. The summed E-state index contributed by atoms with van der Waals surface area (Å²) in [5.74, 6) is 0.795. The van der Waals surface area contributed by atoms with Gasteiger partial charge in [0.25, 0.3) is 0 Å². The van der Waals surface area contributed by atoms with Gasteiger partial charge < -0.3 is 9.26 Å². The van der Waals surface area contributed by atoms with E-state index in [4.69, 9.17) is 14.3 Å². The van der Waals surface area contributed by atoms with Crippen molar-refractivity contribution in [1.29, 1.82) is 0 Å². The maximum Gasteiger partial charge on any atom is 0.217 e. The minimum absolute atomic E-state index is 0.0881. The SMILES string of the molecule is C[SiH](C)OCN1OC(C(C)(C)C)=NC1c1ccc(CN2CCCCCC2)s1. The molecule has 5 nitrogen and oxygen atoms in total. The normalized spacial score (nSPS) is 22.7. The van der Waals surface area contributed by atoms with Gasteiger partial charge in [-0.3, -0.25) is 4.90 Å². The van der Waals surface area contributed by atoms with Gasteiger partial charge in [-0.2, -0.15) is 0 Å². The molecule has 27 heavy (non-hydrogen) atoms. The van der Waals surface area contributed by atoms with Crippen LogP contribution < -0.4 is 0 Å². The third-order valence-corrected chi connectivity index (χ3v) is 6.83. The Morgan fingerprint density at radius 1 is 1.19 bits per heavy atom. The van der Waals surface area contributed by atoms with Crippen molar-refractivity contribution in [2.24, 2.45) is 10.4 Å². The van der Waals surface area contributed by atoms with Crippen LogP contribution >= 0.6 is 11.3 Å². The lowest BCUT2D eigenvalue weighted by molar-refractivity contribution is -0.134. The molecule has 0 amide bonds. The first-order valence-corrected chi connectivity index (χ1v) is 13.9. The summed E-state index contributed by atoms with van der Waals surface area (Å²) in [5.41, 5.74) is -0.103. The molecule has 0 bridgehead atoms. The zero-order chi connectivity index (χ0) is 19.4. The van der Waals surface area contributed by atoms with Gasteiger partial charge in [-0.1, -0.05) is 38.7 Å². The van der Waals surface area contributed by atoms with E-state index in [0.717, 1.165) is 12.4 Å². The predicted octanol–water partition coefficient (Wildman–Crippen LogP) is 4.77. The molecule has 3 rings (SSSR count). The number of likely N-dealkylation sites (tertiary alicyclic amines) is 1. The third kappa shape index (κ3) is 5.87. The van der Waals surface area contributed by atoms with Gasteiger partial charge in [0.1, 0.15) is 6.73 Å². The van der Waals surface area contributed by atoms with Crippen molar-refractivity contribution in [2.45, 2.75) is 72.3 Å². The van der Waals surface area contributed by atoms with E-state index in [-0.39, 0.29) is 11.6 Å². The molecule has 2 aliphatic heterocycles. The highest BCUT2D eigenvalue weighted by molar-refractivity contribution is 7.12. The molecule has 1 aromatic rings. The first-order valence-electron chi connectivity index (χ1n) is 10.3. The molecule has 0 N–H and O–H groups in total. The van der Waals surface area contributed by atoms with E-state index in [1.54, 1.807) is 0 Å². The van der Waals surface area contributed by atoms with Gasteiger partial charge in [0.2, 0.25) is 5.90 Å². The van der Waals surface area contributed by atoms with Crippen molar-refractivity contribution in [1.82, 2.24) is 9.96 Å². The fraction of sp³-hybridized carbons (Fsp3) is 0.750. The third-order valence-electron chi connectivity index (χ3n) is 4.91. The van der Waals surface area contributed by atoms with E-state index >= 15 is 0 Å². The number of aliphatic imine (C=N–C) groups is 1. The van der Waals surface area contributed by atoms with Crippen LogP contribution in [0.3, 0.4) is 0 Å². The fourth-order valence-corrected chi connectivity index (χ4v) is 4.89. The quantitative estimate of drug-likeness (QED) is 0.634. The smallest absolute Gasteiger partial charge is 0.217 e. The Balaban J connectivity index is 1.71. The number of rotatable bonds is 6. The van der Waals surface area contributed by atoms with Crippen molar-refractivity contribution < 1.29 is 9.26 Å². The molecule has 0 spiro atoms. The van der Waals surface area contributed by atoms with Crippen LogP contribution in [-0.2, 0) is 15.8 Å². The molecular formula is C20H35N3O2SSi. The van der Waals surface area contributed by atoms with Gasteiger partial charge in [0.15, 0.2) is 15.2 Å². The number of hydrogen-bond donors (Lipinski definition) is 0. The van der Waals surface area contributed by atoms with Crippen LogP contribution in [0.2, 0.25) is 13.1 Å². The molecule has 0 radical (unpaired) electrons. The monoisotopic (exact) mass is 409 g/mol. The second-order valence-electron chi connectivity index (χ2n) is 8.91. The van der Waals surface area contributed by atoms with Crippen molar-refractivity contribution in [3.8, 4) is 0 Å². The van der Waals surface area contributed by atoms with E-state index in [9.17, 15) is 0 Å². The van der Waals surface area contributed by atoms with Gasteiger partial charge in [-0.25, -0.2) is 4.99 Å². The highest BCUT2D eigenvalue weighted by Gasteiger charge is 2.36. The first-order chi connectivity index (χ1) is 12.8. The number of nitrogens with zero attached hydrogens (tertiary/aromatic N) is 3. The van der Waals surface area contributed by atoms with E-state index in [0.29, 0.717) is 6.73 Å². The molecule has 1 saturated heterocycles. The van der Waals surface area contributed by atoms with Gasteiger partial charge in [-0.15, -0.1) is 11.3 Å². The van der Waals surface area contributed by atoms with Crippen molar-refractivity contribution in [2.75, 3.05) is 19.8 Å². The second-order valence-corrected chi connectivity index (χ2v) is 12.5. The van der Waals surface area contributed by atoms with Crippen LogP contribution in [0.15, 0.2) is 17.1 Å². The lowest BCUT2D eigenvalue weighted by Gasteiger charge is -2.23. The summed E-state index contributed by atoms with van der Waals surface area (Å²) < 4.78 is 5.94. The molecule has 2 aliphatic rings. The zero-order valence-electron chi connectivity index (χ0n) is 17.5. The van der Waals surface area contributed by atoms with Crippen LogP contribution in [0.1, 0.15) is 62.4 Å². The van der Waals surface area contributed by atoms with Crippen LogP contribution in [0.4, 0.5) is 0 Å². The maximum absolute atomic E-state index is 6.10. The molecule has 152 valence electrons.